The second kappa shape index (κ2) is 7.33. The number of nitrogens with zero attached hydrogens (tertiary/aromatic N) is 3. The van der Waals surface area contributed by atoms with Gasteiger partial charge in [0, 0.05) is 58.5 Å². The summed E-state index contributed by atoms with van der Waals surface area (Å²) in [5, 5.41) is 19.3. The van der Waals surface area contributed by atoms with Crippen LogP contribution in [0.15, 0.2) is 30.3 Å². The zero-order valence-corrected chi connectivity index (χ0v) is 15.1. The number of likely N-dealkylation sites (tertiary alicyclic amines) is 1. The summed E-state index contributed by atoms with van der Waals surface area (Å²) in [6, 6.07) is 11.2. The Labute approximate surface area is 150 Å². The van der Waals surface area contributed by atoms with Gasteiger partial charge in [-0.05, 0) is 24.8 Å². The second-order valence-corrected chi connectivity index (χ2v) is 8.18. The third-order valence-corrected chi connectivity index (χ3v) is 6.22. The van der Waals surface area contributed by atoms with E-state index in [0.717, 1.165) is 65.1 Å². The number of benzene rings is 1. The van der Waals surface area contributed by atoms with Gasteiger partial charge in [-0.3, -0.25) is 14.7 Å². The molecule has 5 nitrogen and oxygen atoms in total. The van der Waals surface area contributed by atoms with Crippen molar-refractivity contribution in [1.82, 2.24) is 14.7 Å². The normalized spacial score (nSPS) is 29.7. The lowest BCUT2D eigenvalue weighted by Gasteiger charge is -2.61. The van der Waals surface area contributed by atoms with E-state index in [1.165, 1.54) is 5.56 Å². The van der Waals surface area contributed by atoms with E-state index in [2.05, 4.69) is 45.0 Å². The fourth-order valence-corrected chi connectivity index (χ4v) is 5.14. The maximum atomic E-state index is 10.2. The van der Waals surface area contributed by atoms with Crippen molar-refractivity contribution in [2.24, 2.45) is 0 Å². The van der Waals surface area contributed by atoms with Gasteiger partial charge in [0.1, 0.15) is 0 Å². The quantitative estimate of drug-likeness (QED) is 0.783. The smallest absolute Gasteiger partial charge is 0.0682 e. The highest BCUT2D eigenvalue weighted by molar-refractivity contribution is 5.16. The van der Waals surface area contributed by atoms with Crippen LogP contribution in [0.4, 0.5) is 0 Å². The molecule has 2 atom stereocenters. The number of rotatable bonds is 6. The number of β-amino-alcohol motifs (C(OH)–C–C–N with tert-alkyl or cyclic N) is 1. The van der Waals surface area contributed by atoms with Crippen LogP contribution in [0.5, 0.6) is 0 Å². The number of fused-ring (bicyclic) bond motifs is 2. The van der Waals surface area contributed by atoms with Crippen molar-refractivity contribution in [3.8, 4) is 0 Å². The van der Waals surface area contributed by atoms with E-state index in [0.29, 0.717) is 6.04 Å². The summed E-state index contributed by atoms with van der Waals surface area (Å²) < 4.78 is 0. The Balaban J connectivity index is 1.39. The predicted octanol–water partition coefficient (Wildman–Crippen LogP) is 0.417. The van der Waals surface area contributed by atoms with Gasteiger partial charge in [-0.2, -0.15) is 0 Å². The van der Waals surface area contributed by atoms with Crippen molar-refractivity contribution in [3.63, 3.8) is 0 Å². The number of aliphatic hydroxyl groups is 2. The fourth-order valence-electron chi connectivity index (χ4n) is 5.14. The number of hydrogen-bond acceptors (Lipinski definition) is 5. The highest BCUT2D eigenvalue weighted by atomic mass is 16.3. The molecule has 0 aromatic heterocycles. The third kappa shape index (κ3) is 3.62. The number of hydrogen-bond donors (Lipinski definition) is 2. The third-order valence-electron chi connectivity index (χ3n) is 6.22. The van der Waals surface area contributed by atoms with Crippen molar-refractivity contribution >= 4 is 0 Å². The molecule has 3 aliphatic heterocycles. The Morgan fingerprint density at radius 3 is 2.52 bits per heavy atom. The highest BCUT2D eigenvalue weighted by Crippen LogP contribution is 2.38. The van der Waals surface area contributed by atoms with Crippen LogP contribution in [-0.4, -0.2) is 95.0 Å². The van der Waals surface area contributed by atoms with E-state index in [4.69, 9.17) is 5.11 Å². The Kier molecular flexibility index (Phi) is 5.11. The van der Waals surface area contributed by atoms with Crippen LogP contribution in [0, 0.1) is 0 Å². The average molecular weight is 345 g/mol. The van der Waals surface area contributed by atoms with E-state index >= 15 is 0 Å². The summed E-state index contributed by atoms with van der Waals surface area (Å²) in [6.45, 7) is 7.56. The Bertz CT molecular complexity index is 561. The van der Waals surface area contributed by atoms with Gasteiger partial charge in [0.05, 0.1) is 11.6 Å². The first-order valence-corrected chi connectivity index (χ1v) is 9.73. The van der Waals surface area contributed by atoms with Gasteiger partial charge in [-0.15, -0.1) is 0 Å². The molecule has 25 heavy (non-hydrogen) atoms. The molecule has 0 aliphatic carbocycles. The zero-order valence-electron chi connectivity index (χ0n) is 15.1. The van der Waals surface area contributed by atoms with Gasteiger partial charge in [0.25, 0.3) is 0 Å². The lowest BCUT2D eigenvalue weighted by Crippen LogP contribution is -2.78. The fraction of sp³-hybridized carbons (Fsp3) is 0.700. The molecule has 0 amide bonds. The molecule has 3 heterocycles. The lowest BCUT2D eigenvalue weighted by molar-refractivity contribution is -0.113. The second-order valence-electron chi connectivity index (χ2n) is 8.18. The molecule has 138 valence electrons. The molecule has 5 heteroatoms. The van der Waals surface area contributed by atoms with Gasteiger partial charge >= 0.3 is 0 Å². The minimum Gasteiger partial charge on any atom is -0.396 e. The topological polar surface area (TPSA) is 50.2 Å². The van der Waals surface area contributed by atoms with Gasteiger partial charge in [-0.25, -0.2) is 0 Å². The van der Waals surface area contributed by atoms with E-state index in [-0.39, 0.29) is 18.2 Å². The van der Waals surface area contributed by atoms with Crippen LogP contribution < -0.4 is 0 Å². The summed E-state index contributed by atoms with van der Waals surface area (Å²) in [5.41, 5.74) is 1.62. The molecule has 0 unspecified atom stereocenters. The van der Waals surface area contributed by atoms with E-state index < -0.39 is 0 Å². The molecule has 4 rings (SSSR count). The zero-order chi connectivity index (χ0) is 17.3. The van der Waals surface area contributed by atoms with Crippen molar-refractivity contribution in [2.75, 3.05) is 52.4 Å². The van der Waals surface area contributed by atoms with Crippen molar-refractivity contribution < 1.29 is 10.2 Å². The first kappa shape index (κ1) is 17.4. The lowest BCUT2D eigenvalue weighted by atomic mass is 9.83. The molecule has 3 saturated heterocycles. The molecular weight excluding hydrogens is 314 g/mol. The summed E-state index contributed by atoms with van der Waals surface area (Å²) in [5.74, 6) is 0. The summed E-state index contributed by atoms with van der Waals surface area (Å²) >= 11 is 0. The van der Waals surface area contributed by atoms with Gasteiger partial charge in [-0.1, -0.05) is 30.3 Å². The van der Waals surface area contributed by atoms with Gasteiger partial charge < -0.3 is 10.2 Å². The molecule has 0 bridgehead atoms. The molecule has 0 radical (unpaired) electrons. The molecule has 2 N–H and O–H groups in total. The molecule has 3 aliphatic rings. The maximum absolute atomic E-state index is 10.2. The Morgan fingerprint density at radius 2 is 1.76 bits per heavy atom. The predicted molar refractivity (Wildman–Crippen MR) is 98.6 cm³/mol. The molecule has 1 aromatic rings. The first-order chi connectivity index (χ1) is 12.2. The molecule has 3 fully saturated rings. The monoisotopic (exact) mass is 345 g/mol. The maximum Gasteiger partial charge on any atom is 0.0682 e. The van der Waals surface area contributed by atoms with Crippen LogP contribution >= 0.6 is 0 Å². The van der Waals surface area contributed by atoms with Crippen LogP contribution in [0.25, 0.3) is 0 Å². The van der Waals surface area contributed by atoms with Crippen molar-refractivity contribution in [1.29, 1.82) is 0 Å². The molecule has 0 saturated carbocycles. The van der Waals surface area contributed by atoms with Crippen LogP contribution in [0.2, 0.25) is 0 Å². The summed E-state index contributed by atoms with van der Waals surface area (Å²) in [7, 11) is 0. The highest BCUT2D eigenvalue weighted by Gasteiger charge is 2.55. The number of piperazine rings is 1. The minimum absolute atomic E-state index is 0.164. The van der Waals surface area contributed by atoms with Gasteiger partial charge in [0.15, 0.2) is 0 Å². The largest absolute Gasteiger partial charge is 0.396 e. The average Bonchev–Trinajstić information content (AvgIpc) is 2.97. The molecular formula is C20H31N3O2. The Hall–Kier alpha value is -0.980. The van der Waals surface area contributed by atoms with Gasteiger partial charge in [0.2, 0.25) is 0 Å². The number of aliphatic hydroxyl groups excluding tert-OH is 2. The summed E-state index contributed by atoms with van der Waals surface area (Å²) in [6.07, 6.45) is 2.71. The van der Waals surface area contributed by atoms with Crippen LogP contribution in [-0.2, 0) is 6.42 Å². The van der Waals surface area contributed by atoms with Crippen LogP contribution in [0.1, 0.15) is 18.4 Å². The SMILES string of the molecule is OCCCN1CC2(CN(CCc3ccccc3)C[C@H]3C[C@@H](O)CN32)C1. The van der Waals surface area contributed by atoms with Crippen LogP contribution in [0.3, 0.4) is 0 Å². The molecule has 1 spiro atoms. The van der Waals surface area contributed by atoms with E-state index in [9.17, 15) is 5.11 Å². The molecule has 1 aromatic carbocycles. The summed E-state index contributed by atoms with van der Waals surface area (Å²) in [4.78, 5) is 7.68. The standard InChI is InChI=1S/C20H31N3O2/c24-10-4-8-22-15-20(16-22)14-21(9-7-17-5-2-1-3-6-17)12-18-11-19(25)13-23(18)20/h1-3,5-6,18-19,24-25H,4,7-16H2/t18-,19-/m1/s1. The minimum atomic E-state index is -0.164. The van der Waals surface area contributed by atoms with E-state index in [1.807, 2.05) is 0 Å². The van der Waals surface area contributed by atoms with Crippen molar-refractivity contribution in [2.45, 2.75) is 36.9 Å². The Morgan fingerprint density at radius 1 is 1.00 bits per heavy atom. The van der Waals surface area contributed by atoms with Crippen molar-refractivity contribution in [3.05, 3.63) is 35.9 Å². The first-order valence-electron chi connectivity index (χ1n) is 9.73. The van der Waals surface area contributed by atoms with E-state index in [1.54, 1.807) is 0 Å².